The lowest BCUT2D eigenvalue weighted by atomic mass is 9.87. The number of halogens is 1. The Balaban J connectivity index is 2.14. The van der Waals surface area contributed by atoms with Crippen LogP contribution < -0.4 is 10.0 Å². The van der Waals surface area contributed by atoms with Gasteiger partial charge >= 0.3 is 0 Å². The van der Waals surface area contributed by atoms with E-state index in [2.05, 4.69) is 26.1 Å². The van der Waals surface area contributed by atoms with Gasteiger partial charge in [-0.15, -0.1) is 0 Å². The SMILES string of the molecule is CC(C)(C)c1ccc(NC(=O)c2ccc(Cl)[n+]([O-])c2)cc1. The van der Waals surface area contributed by atoms with Crippen LogP contribution in [0.15, 0.2) is 42.6 Å². The van der Waals surface area contributed by atoms with Crippen LogP contribution in [0.1, 0.15) is 36.7 Å². The molecule has 21 heavy (non-hydrogen) atoms. The zero-order valence-electron chi connectivity index (χ0n) is 12.2. The van der Waals surface area contributed by atoms with Gasteiger partial charge < -0.3 is 10.5 Å². The minimum atomic E-state index is -0.347. The predicted octanol–water partition coefficient (Wildman–Crippen LogP) is 3.52. The van der Waals surface area contributed by atoms with E-state index in [1.54, 1.807) is 0 Å². The van der Waals surface area contributed by atoms with Gasteiger partial charge in [-0.1, -0.05) is 32.9 Å². The fourth-order valence-corrected chi connectivity index (χ4v) is 1.97. The molecule has 5 heteroatoms. The largest absolute Gasteiger partial charge is 0.618 e. The normalized spacial score (nSPS) is 11.2. The summed E-state index contributed by atoms with van der Waals surface area (Å²) in [5, 5.41) is 14.1. The number of amides is 1. The van der Waals surface area contributed by atoms with Gasteiger partial charge in [-0.25, -0.2) is 0 Å². The fourth-order valence-electron chi connectivity index (χ4n) is 1.85. The van der Waals surface area contributed by atoms with Crippen molar-refractivity contribution in [1.29, 1.82) is 0 Å². The number of nitrogens with one attached hydrogen (secondary N) is 1. The second kappa shape index (κ2) is 5.74. The Morgan fingerprint density at radius 1 is 1.14 bits per heavy atom. The number of carbonyl (C=O) groups is 1. The van der Waals surface area contributed by atoms with E-state index in [4.69, 9.17) is 11.6 Å². The number of nitrogens with zero attached hydrogens (tertiary/aromatic N) is 1. The Kier molecular flexibility index (Phi) is 4.19. The van der Waals surface area contributed by atoms with Crippen LogP contribution in [0.25, 0.3) is 0 Å². The average Bonchev–Trinajstić information content (AvgIpc) is 2.41. The summed E-state index contributed by atoms with van der Waals surface area (Å²) in [7, 11) is 0. The molecule has 1 aromatic carbocycles. The van der Waals surface area contributed by atoms with Gasteiger partial charge in [0.15, 0.2) is 6.20 Å². The lowest BCUT2D eigenvalue weighted by Gasteiger charge is -2.19. The quantitative estimate of drug-likeness (QED) is 0.524. The number of pyridine rings is 1. The Hall–Kier alpha value is -2.07. The van der Waals surface area contributed by atoms with Gasteiger partial charge in [0.05, 0.1) is 0 Å². The molecule has 0 aliphatic rings. The number of rotatable bonds is 2. The van der Waals surface area contributed by atoms with Crippen molar-refractivity contribution in [3.63, 3.8) is 0 Å². The predicted molar refractivity (Wildman–Crippen MR) is 83.5 cm³/mol. The van der Waals surface area contributed by atoms with Gasteiger partial charge in [-0.05, 0) is 40.8 Å². The lowest BCUT2D eigenvalue weighted by molar-refractivity contribution is -0.603. The topological polar surface area (TPSA) is 56.0 Å². The third kappa shape index (κ3) is 3.73. The first-order valence-electron chi connectivity index (χ1n) is 6.58. The van der Waals surface area contributed by atoms with E-state index in [0.717, 1.165) is 6.20 Å². The Labute approximate surface area is 129 Å². The molecular weight excluding hydrogens is 288 g/mol. The van der Waals surface area contributed by atoms with E-state index in [1.165, 1.54) is 17.7 Å². The summed E-state index contributed by atoms with van der Waals surface area (Å²) in [6, 6.07) is 10.6. The minimum absolute atomic E-state index is 0.0288. The summed E-state index contributed by atoms with van der Waals surface area (Å²) in [5.41, 5.74) is 2.19. The van der Waals surface area contributed by atoms with E-state index >= 15 is 0 Å². The third-order valence-corrected chi connectivity index (χ3v) is 3.43. The van der Waals surface area contributed by atoms with E-state index in [0.29, 0.717) is 10.4 Å². The molecule has 0 bridgehead atoms. The molecular formula is C16H17ClN2O2. The number of hydrogen-bond donors (Lipinski definition) is 1. The van der Waals surface area contributed by atoms with Crippen molar-refractivity contribution >= 4 is 23.2 Å². The van der Waals surface area contributed by atoms with Crippen molar-refractivity contribution in [1.82, 2.24) is 0 Å². The van der Waals surface area contributed by atoms with Crippen LogP contribution in [-0.4, -0.2) is 5.91 Å². The van der Waals surface area contributed by atoms with Crippen LogP contribution in [-0.2, 0) is 5.41 Å². The van der Waals surface area contributed by atoms with E-state index < -0.39 is 0 Å². The zero-order valence-corrected chi connectivity index (χ0v) is 12.9. The van der Waals surface area contributed by atoms with Gasteiger partial charge in [-0.2, -0.15) is 4.73 Å². The van der Waals surface area contributed by atoms with Crippen LogP contribution in [0, 0.1) is 5.21 Å². The first-order valence-corrected chi connectivity index (χ1v) is 6.96. The highest BCUT2D eigenvalue weighted by atomic mass is 35.5. The molecule has 2 aromatic rings. The second-order valence-electron chi connectivity index (χ2n) is 5.85. The van der Waals surface area contributed by atoms with E-state index in [1.807, 2.05) is 24.3 Å². The maximum absolute atomic E-state index is 12.1. The minimum Gasteiger partial charge on any atom is -0.618 e. The number of benzene rings is 1. The molecule has 4 nitrogen and oxygen atoms in total. The third-order valence-electron chi connectivity index (χ3n) is 3.14. The van der Waals surface area contributed by atoms with Gasteiger partial charge in [0.1, 0.15) is 5.56 Å². The van der Waals surface area contributed by atoms with Gasteiger partial charge in [-0.3, -0.25) is 4.79 Å². The number of aromatic nitrogens is 1. The molecule has 0 spiro atoms. The Morgan fingerprint density at radius 3 is 2.29 bits per heavy atom. The van der Waals surface area contributed by atoms with Crippen LogP contribution in [0.2, 0.25) is 5.15 Å². The molecule has 0 saturated heterocycles. The van der Waals surface area contributed by atoms with E-state index in [9.17, 15) is 10.0 Å². The molecule has 1 N–H and O–H groups in total. The average molecular weight is 305 g/mol. The van der Waals surface area contributed by atoms with Gasteiger partial charge in [0, 0.05) is 11.8 Å². The summed E-state index contributed by atoms with van der Waals surface area (Å²) >= 11 is 5.62. The van der Waals surface area contributed by atoms with Crippen molar-refractivity contribution in [2.24, 2.45) is 0 Å². The van der Waals surface area contributed by atoms with E-state index in [-0.39, 0.29) is 22.0 Å². The first kappa shape index (κ1) is 15.3. The molecule has 1 aromatic heterocycles. The van der Waals surface area contributed by atoms with Crippen LogP contribution in [0.4, 0.5) is 5.69 Å². The van der Waals surface area contributed by atoms with Crippen LogP contribution in [0.3, 0.4) is 0 Å². The zero-order chi connectivity index (χ0) is 15.6. The molecule has 1 heterocycles. The molecule has 0 unspecified atom stereocenters. The van der Waals surface area contributed by atoms with Crippen molar-refractivity contribution in [2.45, 2.75) is 26.2 Å². The lowest BCUT2D eigenvalue weighted by Crippen LogP contribution is -2.29. The van der Waals surface area contributed by atoms with Crippen LogP contribution in [0.5, 0.6) is 0 Å². The molecule has 0 aliphatic heterocycles. The highest BCUT2D eigenvalue weighted by Gasteiger charge is 2.14. The first-order chi connectivity index (χ1) is 9.77. The summed E-state index contributed by atoms with van der Waals surface area (Å²) in [6.07, 6.45) is 1.15. The molecule has 0 radical (unpaired) electrons. The molecule has 0 fully saturated rings. The number of anilines is 1. The standard InChI is InChI=1S/C16H17ClN2O2/c1-16(2,3)12-5-7-13(8-6-12)18-15(20)11-4-9-14(17)19(21)10-11/h4-10H,1-3H3,(H,18,20). The monoisotopic (exact) mass is 304 g/mol. The second-order valence-corrected chi connectivity index (χ2v) is 6.24. The van der Waals surface area contributed by atoms with Crippen molar-refractivity contribution in [3.05, 3.63) is 64.1 Å². The summed E-state index contributed by atoms with van der Waals surface area (Å²) < 4.78 is 0.458. The maximum Gasteiger partial charge on any atom is 0.286 e. The number of hydrogen-bond acceptors (Lipinski definition) is 2. The highest BCUT2D eigenvalue weighted by molar-refractivity contribution is 6.28. The number of carbonyl (C=O) groups excluding carboxylic acids is 1. The molecule has 0 saturated carbocycles. The van der Waals surface area contributed by atoms with Crippen molar-refractivity contribution in [2.75, 3.05) is 5.32 Å². The summed E-state index contributed by atoms with van der Waals surface area (Å²) in [6.45, 7) is 6.38. The maximum atomic E-state index is 12.1. The van der Waals surface area contributed by atoms with Gasteiger partial charge in [0.25, 0.3) is 11.1 Å². The van der Waals surface area contributed by atoms with Gasteiger partial charge in [0.2, 0.25) is 0 Å². The summed E-state index contributed by atoms with van der Waals surface area (Å²) in [4.78, 5) is 12.1. The molecule has 1 amide bonds. The van der Waals surface area contributed by atoms with Crippen LogP contribution >= 0.6 is 11.6 Å². The Morgan fingerprint density at radius 2 is 1.76 bits per heavy atom. The molecule has 0 aliphatic carbocycles. The molecule has 110 valence electrons. The van der Waals surface area contributed by atoms with Crippen molar-refractivity contribution in [3.8, 4) is 0 Å². The molecule has 2 rings (SSSR count). The fraction of sp³-hybridized carbons (Fsp3) is 0.250. The molecule has 0 atom stereocenters. The Bertz CT molecular complexity index is 661. The smallest absolute Gasteiger partial charge is 0.286 e. The highest BCUT2D eigenvalue weighted by Crippen LogP contribution is 2.23. The summed E-state index contributed by atoms with van der Waals surface area (Å²) in [5.74, 6) is -0.347. The van der Waals surface area contributed by atoms with Crippen molar-refractivity contribution < 1.29 is 9.52 Å².